The molecule has 7 nitrogen and oxygen atoms in total. The van der Waals surface area contributed by atoms with E-state index in [1.165, 1.54) is 9.80 Å². The van der Waals surface area contributed by atoms with Crippen molar-refractivity contribution in [1.82, 2.24) is 15.1 Å². The smallest absolute Gasteiger partial charge is 0.395 e. The summed E-state index contributed by atoms with van der Waals surface area (Å²) in [4.78, 5) is 29.3. The van der Waals surface area contributed by atoms with E-state index in [2.05, 4.69) is 26.1 Å². The molecular weight excluding hydrogens is 553 g/mol. The van der Waals surface area contributed by atoms with E-state index in [4.69, 9.17) is 4.74 Å². The first kappa shape index (κ1) is 24.3. The van der Waals surface area contributed by atoms with Crippen molar-refractivity contribution in [2.45, 2.75) is 43.4 Å². The first-order chi connectivity index (χ1) is 17.7. The molecule has 194 valence electrons. The Morgan fingerprint density at radius 1 is 1.19 bits per heavy atom. The molecular formula is C26H24BrF3N4O3. The lowest BCUT2D eigenvalue weighted by Crippen LogP contribution is -2.58. The van der Waals surface area contributed by atoms with Gasteiger partial charge < -0.3 is 14.5 Å². The third kappa shape index (κ3) is 4.07. The van der Waals surface area contributed by atoms with Gasteiger partial charge in [-0.25, -0.2) is 0 Å². The molecule has 2 aliphatic heterocycles. The highest BCUT2D eigenvalue weighted by atomic mass is 79.9. The zero-order valence-electron chi connectivity index (χ0n) is 19.7. The van der Waals surface area contributed by atoms with Crippen LogP contribution in [0.3, 0.4) is 0 Å². The summed E-state index contributed by atoms with van der Waals surface area (Å²) in [7, 11) is 0. The Hall–Kier alpha value is -3.08. The quantitative estimate of drug-likeness (QED) is 0.476. The molecule has 3 aliphatic rings. The summed E-state index contributed by atoms with van der Waals surface area (Å²) in [6, 6.07) is 11.2. The molecule has 3 aromatic rings. The van der Waals surface area contributed by atoms with Crippen molar-refractivity contribution in [1.29, 1.82) is 0 Å². The fourth-order valence-electron chi connectivity index (χ4n) is 5.82. The molecule has 6 rings (SSSR count). The number of carbonyl (C=O) groups is 2. The molecule has 0 radical (unpaired) electrons. The largest absolute Gasteiger partial charge is 0.490 e. The Morgan fingerprint density at radius 2 is 1.95 bits per heavy atom. The highest BCUT2D eigenvalue weighted by Crippen LogP contribution is 2.53. The Morgan fingerprint density at radius 3 is 2.68 bits per heavy atom. The standard InChI is InChI=1S/C26H24BrF3N4O3/c27-19-2-1-3-21-23(19)25(24(36)34(21)14-22(35)33-12-16(13-33)26(28,29)30)8-6-17(7-9-25)37-18-4-5-20-15(10-18)11-31-32-20/h1-5,10-11,16-17H,6-9,12-14H2,(H,31,32). The number of alkyl halides is 3. The van der Waals surface area contributed by atoms with E-state index >= 15 is 0 Å². The molecule has 3 heterocycles. The Kier molecular flexibility index (Phi) is 5.74. The number of nitrogens with zero attached hydrogens (tertiary/aromatic N) is 3. The maximum absolute atomic E-state index is 13.9. The Labute approximate surface area is 219 Å². The van der Waals surface area contributed by atoms with E-state index in [1.807, 2.05) is 24.3 Å². The van der Waals surface area contributed by atoms with Crippen LogP contribution in [0, 0.1) is 5.92 Å². The average molecular weight is 577 g/mol. The van der Waals surface area contributed by atoms with Crippen LogP contribution in [0.15, 0.2) is 47.1 Å². The average Bonchev–Trinajstić information content (AvgIpc) is 3.36. The number of halogens is 4. The maximum atomic E-state index is 13.9. The first-order valence-electron chi connectivity index (χ1n) is 12.2. The van der Waals surface area contributed by atoms with Crippen LogP contribution in [-0.4, -0.2) is 58.8 Å². The van der Waals surface area contributed by atoms with Gasteiger partial charge in [0.2, 0.25) is 11.8 Å². The second kappa shape index (κ2) is 8.75. The second-order valence-corrected chi connectivity index (χ2v) is 10.9. The molecule has 0 bridgehead atoms. The van der Waals surface area contributed by atoms with Crippen LogP contribution in [0.2, 0.25) is 0 Å². The lowest BCUT2D eigenvalue weighted by molar-refractivity contribution is -0.209. The van der Waals surface area contributed by atoms with Gasteiger partial charge in [-0.3, -0.25) is 14.7 Å². The third-order valence-corrected chi connectivity index (χ3v) is 8.57. The monoisotopic (exact) mass is 576 g/mol. The summed E-state index contributed by atoms with van der Waals surface area (Å²) in [6.45, 7) is -0.978. The van der Waals surface area contributed by atoms with Crippen molar-refractivity contribution >= 4 is 44.3 Å². The number of rotatable bonds is 4. The molecule has 1 spiro atoms. The van der Waals surface area contributed by atoms with E-state index in [-0.39, 0.29) is 31.6 Å². The van der Waals surface area contributed by atoms with Gasteiger partial charge in [0.15, 0.2) is 0 Å². The molecule has 0 atom stereocenters. The lowest BCUT2D eigenvalue weighted by atomic mass is 9.69. The summed E-state index contributed by atoms with van der Waals surface area (Å²) in [5.41, 5.74) is 1.62. The number of aromatic nitrogens is 2. The number of hydrogen-bond acceptors (Lipinski definition) is 4. The van der Waals surface area contributed by atoms with Gasteiger partial charge in [-0.15, -0.1) is 0 Å². The zero-order chi connectivity index (χ0) is 25.9. The minimum atomic E-state index is -4.31. The van der Waals surface area contributed by atoms with Gasteiger partial charge in [-0.1, -0.05) is 22.0 Å². The van der Waals surface area contributed by atoms with Gasteiger partial charge in [0.05, 0.1) is 29.2 Å². The third-order valence-electron chi connectivity index (χ3n) is 7.91. The van der Waals surface area contributed by atoms with Gasteiger partial charge in [-0.2, -0.15) is 18.3 Å². The zero-order valence-corrected chi connectivity index (χ0v) is 21.3. The van der Waals surface area contributed by atoms with Gasteiger partial charge in [0.1, 0.15) is 12.3 Å². The number of aromatic amines is 1. The van der Waals surface area contributed by atoms with Crippen molar-refractivity contribution in [3.8, 4) is 5.75 Å². The van der Waals surface area contributed by atoms with E-state index in [9.17, 15) is 22.8 Å². The molecule has 2 amide bonds. The van der Waals surface area contributed by atoms with E-state index < -0.39 is 23.4 Å². The number of hydrogen-bond donors (Lipinski definition) is 1. The number of amides is 2. The number of anilines is 1. The van der Waals surface area contributed by atoms with E-state index in [0.717, 1.165) is 26.7 Å². The van der Waals surface area contributed by atoms with Crippen LogP contribution in [0.4, 0.5) is 18.9 Å². The normalized spacial score (nSPS) is 24.0. The fourth-order valence-corrected chi connectivity index (χ4v) is 6.56. The number of carbonyl (C=O) groups excluding carboxylic acids is 2. The number of likely N-dealkylation sites (tertiary alicyclic amines) is 1. The van der Waals surface area contributed by atoms with Crippen LogP contribution in [0.1, 0.15) is 31.2 Å². The Balaban J connectivity index is 1.18. The summed E-state index contributed by atoms with van der Waals surface area (Å²) in [6.07, 6.45) is -0.246. The summed E-state index contributed by atoms with van der Waals surface area (Å²) < 4.78 is 45.7. The van der Waals surface area contributed by atoms with Crippen LogP contribution < -0.4 is 9.64 Å². The highest BCUT2D eigenvalue weighted by molar-refractivity contribution is 9.10. The van der Waals surface area contributed by atoms with E-state index in [1.54, 1.807) is 18.3 Å². The molecule has 37 heavy (non-hydrogen) atoms. The van der Waals surface area contributed by atoms with Gasteiger partial charge in [0, 0.05) is 34.2 Å². The molecule has 2 aromatic carbocycles. The van der Waals surface area contributed by atoms with Crippen molar-refractivity contribution in [3.63, 3.8) is 0 Å². The summed E-state index contributed by atoms with van der Waals surface area (Å²) in [5, 5.41) is 7.90. The van der Waals surface area contributed by atoms with Gasteiger partial charge >= 0.3 is 6.18 Å². The maximum Gasteiger partial charge on any atom is 0.395 e. The minimum absolute atomic E-state index is 0.0650. The van der Waals surface area contributed by atoms with Gasteiger partial charge in [-0.05, 0) is 56.0 Å². The second-order valence-electron chi connectivity index (χ2n) is 10.1. The van der Waals surface area contributed by atoms with Crippen LogP contribution in [0.25, 0.3) is 10.9 Å². The molecule has 0 unspecified atom stereocenters. The van der Waals surface area contributed by atoms with Crippen molar-refractivity contribution in [3.05, 3.63) is 52.6 Å². The lowest BCUT2D eigenvalue weighted by Gasteiger charge is -2.41. The van der Waals surface area contributed by atoms with Crippen molar-refractivity contribution < 1.29 is 27.5 Å². The van der Waals surface area contributed by atoms with Gasteiger partial charge in [0.25, 0.3) is 0 Å². The number of fused-ring (bicyclic) bond motifs is 3. The molecule has 11 heteroatoms. The number of H-pyrrole nitrogens is 1. The predicted molar refractivity (Wildman–Crippen MR) is 133 cm³/mol. The van der Waals surface area contributed by atoms with Crippen molar-refractivity contribution in [2.24, 2.45) is 5.92 Å². The highest BCUT2D eigenvalue weighted by Gasteiger charge is 2.55. The molecule has 1 N–H and O–H groups in total. The number of benzene rings is 2. The molecule has 1 saturated carbocycles. The van der Waals surface area contributed by atoms with Crippen molar-refractivity contribution in [2.75, 3.05) is 24.5 Å². The first-order valence-corrected chi connectivity index (χ1v) is 13.0. The SMILES string of the molecule is O=C(CN1C(=O)C2(CCC(Oc3ccc4[nH]ncc4c3)CC2)c2c(Br)cccc21)N1CC(C(F)(F)F)C1. The minimum Gasteiger partial charge on any atom is -0.490 e. The predicted octanol–water partition coefficient (Wildman–Crippen LogP) is 4.95. The fraction of sp³-hybridized carbons (Fsp3) is 0.423. The number of nitrogens with one attached hydrogen (secondary N) is 1. The summed E-state index contributed by atoms with van der Waals surface area (Å²) >= 11 is 3.61. The topological polar surface area (TPSA) is 78.5 Å². The van der Waals surface area contributed by atoms with Crippen LogP contribution >= 0.6 is 15.9 Å². The van der Waals surface area contributed by atoms with E-state index in [0.29, 0.717) is 31.4 Å². The molecule has 1 aromatic heterocycles. The van der Waals surface area contributed by atoms with Crippen LogP contribution in [-0.2, 0) is 15.0 Å². The van der Waals surface area contributed by atoms with Crippen LogP contribution in [0.5, 0.6) is 5.75 Å². The molecule has 1 saturated heterocycles. The number of ether oxygens (including phenoxy) is 1. The molecule has 1 aliphatic carbocycles. The Bertz CT molecular complexity index is 1380. The molecule has 2 fully saturated rings. The summed E-state index contributed by atoms with van der Waals surface area (Å²) in [5.74, 6) is -1.39.